The number of nitrogens with zero attached hydrogens (tertiary/aromatic N) is 1. The Balaban J connectivity index is 2.72. The van der Waals surface area contributed by atoms with Crippen molar-refractivity contribution in [3.8, 4) is 0 Å². The molecule has 1 aliphatic heterocycles. The lowest BCUT2D eigenvalue weighted by molar-refractivity contribution is 0.0787. The van der Waals surface area contributed by atoms with Crippen molar-refractivity contribution in [2.24, 2.45) is 0 Å². The predicted molar refractivity (Wildman–Crippen MR) is 69.7 cm³/mol. The van der Waals surface area contributed by atoms with Gasteiger partial charge in [0.1, 0.15) is 4.90 Å². The molecule has 0 saturated heterocycles. The second kappa shape index (κ2) is 4.05. The number of rotatable bonds is 1. The third-order valence-electron chi connectivity index (χ3n) is 2.75. The lowest BCUT2D eigenvalue weighted by Gasteiger charge is -2.29. The lowest BCUT2D eigenvalue weighted by Crippen LogP contribution is -2.45. The first-order chi connectivity index (χ1) is 8.56. The van der Waals surface area contributed by atoms with Crippen LogP contribution >= 0.6 is 11.6 Å². The summed E-state index contributed by atoms with van der Waals surface area (Å²) in [4.78, 5) is 23.1. The number of halogens is 1. The Kier molecular flexibility index (Phi) is 2.98. The Hall–Kier alpha value is -1.40. The second-order valence-corrected chi connectivity index (χ2v) is 7.33. The molecule has 1 aromatic carbocycles. The number of fused-ring (bicyclic) bond motifs is 1. The summed E-state index contributed by atoms with van der Waals surface area (Å²) in [6, 6.07) is 3.80. The molecule has 1 heterocycles. The van der Waals surface area contributed by atoms with E-state index >= 15 is 0 Å². The molecule has 5 nitrogen and oxygen atoms in total. The molecule has 1 aliphatic rings. The highest BCUT2D eigenvalue weighted by atomic mass is 35.5. The van der Waals surface area contributed by atoms with Crippen LogP contribution in [0.2, 0.25) is 0 Å². The number of carbonyl (C=O) groups excluding carboxylic acids is 2. The Morgan fingerprint density at radius 2 is 1.84 bits per heavy atom. The smallest absolute Gasteiger partial charge is 0.269 e. The molecule has 1 amide bonds. The summed E-state index contributed by atoms with van der Waals surface area (Å²) in [7, 11) is -3.94. The average Bonchev–Trinajstić information content (AvgIpc) is 2.45. The zero-order valence-electron chi connectivity index (χ0n) is 10.6. The zero-order chi connectivity index (χ0) is 14.6. The van der Waals surface area contributed by atoms with E-state index in [1.165, 1.54) is 12.1 Å². The van der Waals surface area contributed by atoms with Crippen LogP contribution in [0, 0.1) is 0 Å². The number of amides is 1. The van der Waals surface area contributed by atoms with Gasteiger partial charge in [0.25, 0.3) is 21.2 Å². The van der Waals surface area contributed by atoms with Crippen molar-refractivity contribution in [1.29, 1.82) is 0 Å². The standard InChI is InChI=1S/C12H12ClNO4S/c1-12(2,3)14-11(16)8-5-4-7(10(13)15)6-9(8)19(14,17)18/h4-6H,1-3H3. The summed E-state index contributed by atoms with van der Waals surface area (Å²) < 4.78 is 25.6. The Labute approximate surface area is 116 Å². The lowest BCUT2D eigenvalue weighted by atomic mass is 10.1. The Morgan fingerprint density at radius 1 is 1.26 bits per heavy atom. The van der Waals surface area contributed by atoms with Crippen molar-refractivity contribution >= 4 is 32.8 Å². The van der Waals surface area contributed by atoms with E-state index in [0.29, 0.717) is 0 Å². The first-order valence-electron chi connectivity index (χ1n) is 5.50. The van der Waals surface area contributed by atoms with Gasteiger partial charge in [0.2, 0.25) is 0 Å². The van der Waals surface area contributed by atoms with Crippen molar-refractivity contribution in [3.63, 3.8) is 0 Å². The van der Waals surface area contributed by atoms with Crippen LogP contribution in [0.25, 0.3) is 0 Å². The van der Waals surface area contributed by atoms with Gasteiger partial charge in [0, 0.05) is 5.56 Å². The summed E-state index contributed by atoms with van der Waals surface area (Å²) >= 11 is 5.33. The SMILES string of the molecule is CC(C)(C)N1C(=O)c2ccc(C(=O)Cl)cc2S1(=O)=O. The fourth-order valence-corrected chi connectivity index (χ4v) is 4.08. The highest BCUT2D eigenvalue weighted by Gasteiger charge is 2.46. The molecule has 19 heavy (non-hydrogen) atoms. The van der Waals surface area contributed by atoms with Crippen LogP contribution in [0.15, 0.2) is 23.1 Å². The number of sulfonamides is 1. The molecule has 0 aromatic heterocycles. The quantitative estimate of drug-likeness (QED) is 0.744. The van der Waals surface area contributed by atoms with Gasteiger partial charge in [0.15, 0.2) is 0 Å². The number of benzene rings is 1. The fourth-order valence-electron chi connectivity index (χ4n) is 2.02. The normalized spacial score (nSPS) is 17.5. The maximum atomic E-state index is 12.4. The minimum absolute atomic E-state index is 0.0487. The largest absolute Gasteiger partial charge is 0.276 e. The van der Waals surface area contributed by atoms with Crippen LogP contribution in [0.5, 0.6) is 0 Å². The van der Waals surface area contributed by atoms with Crippen LogP contribution in [0.3, 0.4) is 0 Å². The molecule has 7 heteroatoms. The van der Waals surface area contributed by atoms with E-state index in [-0.39, 0.29) is 16.0 Å². The molecule has 0 fully saturated rings. The first kappa shape index (κ1) is 14.0. The highest BCUT2D eigenvalue weighted by Crippen LogP contribution is 2.36. The van der Waals surface area contributed by atoms with Crippen molar-refractivity contribution < 1.29 is 18.0 Å². The minimum Gasteiger partial charge on any atom is -0.276 e. The van der Waals surface area contributed by atoms with Crippen LogP contribution in [-0.2, 0) is 10.0 Å². The third kappa shape index (κ3) is 2.04. The summed E-state index contributed by atoms with van der Waals surface area (Å²) in [5.74, 6) is -0.587. The minimum atomic E-state index is -3.94. The maximum absolute atomic E-state index is 12.4. The van der Waals surface area contributed by atoms with Gasteiger partial charge >= 0.3 is 0 Å². The molecule has 1 aromatic rings. The van der Waals surface area contributed by atoms with Crippen LogP contribution in [-0.4, -0.2) is 29.4 Å². The molecule has 0 saturated carbocycles. The second-order valence-electron chi connectivity index (χ2n) is 5.23. The van der Waals surface area contributed by atoms with Gasteiger partial charge in [0.05, 0.1) is 11.1 Å². The first-order valence-corrected chi connectivity index (χ1v) is 7.32. The Bertz CT molecular complexity index is 688. The van der Waals surface area contributed by atoms with Crippen LogP contribution < -0.4 is 0 Å². The average molecular weight is 302 g/mol. The molecule has 0 spiro atoms. The van der Waals surface area contributed by atoms with Gasteiger partial charge < -0.3 is 0 Å². The van der Waals surface area contributed by atoms with Crippen molar-refractivity contribution in [1.82, 2.24) is 4.31 Å². The molecule has 0 unspecified atom stereocenters. The zero-order valence-corrected chi connectivity index (χ0v) is 12.2. The maximum Gasteiger partial charge on any atom is 0.269 e. The van der Waals surface area contributed by atoms with Gasteiger partial charge in [-0.15, -0.1) is 0 Å². The van der Waals surface area contributed by atoms with E-state index in [1.807, 2.05) is 0 Å². The summed E-state index contributed by atoms with van der Waals surface area (Å²) in [6.07, 6.45) is 0. The monoisotopic (exact) mass is 301 g/mol. The van der Waals surface area contributed by atoms with E-state index in [2.05, 4.69) is 0 Å². The van der Waals surface area contributed by atoms with Crippen LogP contribution in [0.1, 0.15) is 41.5 Å². The Morgan fingerprint density at radius 3 is 2.32 bits per heavy atom. The van der Waals surface area contributed by atoms with E-state index in [0.717, 1.165) is 10.4 Å². The van der Waals surface area contributed by atoms with Gasteiger partial charge in [-0.05, 0) is 50.6 Å². The number of carbonyl (C=O) groups is 2. The molecule has 102 valence electrons. The molecular weight excluding hydrogens is 290 g/mol. The van der Waals surface area contributed by atoms with Gasteiger partial charge in [-0.1, -0.05) is 0 Å². The summed E-state index contributed by atoms with van der Waals surface area (Å²) in [6.45, 7) is 4.88. The molecule has 2 rings (SSSR count). The van der Waals surface area contributed by atoms with Gasteiger partial charge in [-0.3, -0.25) is 9.59 Å². The van der Waals surface area contributed by atoms with Crippen molar-refractivity contribution in [2.75, 3.05) is 0 Å². The summed E-state index contributed by atoms with van der Waals surface area (Å²) in [5.41, 5.74) is -0.760. The van der Waals surface area contributed by atoms with E-state index in [9.17, 15) is 18.0 Å². The predicted octanol–water partition coefficient (Wildman–Crippen LogP) is 2.01. The molecule has 0 aliphatic carbocycles. The van der Waals surface area contributed by atoms with E-state index < -0.39 is 26.7 Å². The fraction of sp³-hybridized carbons (Fsp3) is 0.333. The van der Waals surface area contributed by atoms with Gasteiger partial charge in [-0.2, -0.15) is 0 Å². The molecule has 0 bridgehead atoms. The van der Waals surface area contributed by atoms with Gasteiger partial charge in [-0.25, -0.2) is 12.7 Å². The topological polar surface area (TPSA) is 71.5 Å². The van der Waals surface area contributed by atoms with E-state index in [1.54, 1.807) is 20.8 Å². The molecule has 0 atom stereocenters. The molecule has 0 N–H and O–H groups in total. The van der Waals surface area contributed by atoms with Crippen LogP contribution in [0.4, 0.5) is 0 Å². The highest BCUT2D eigenvalue weighted by molar-refractivity contribution is 7.90. The third-order valence-corrected chi connectivity index (χ3v) is 5.06. The summed E-state index contributed by atoms with van der Waals surface area (Å²) in [5, 5.41) is -0.764. The molecular formula is C12H12ClNO4S. The van der Waals surface area contributed by atoms with Crippen molar-refractivity contribution in [2.45, 2.75) is 31.2 Å². The number of hydrogen-bond acceptors (Lipinski definition) is 4. The number of hydrogen-bond donors (Lipinski definition) is 0. The van der Waals surface area contributed by atoms with Crippen molar-refractivity contribution in [3.05, 3.63) is 29.3 Å². The van der Waals surface area contributed by atoms with E-state index in [4.69, 9.17) is 11.6 Å². The molecule has 0 radical (unpaired) electrons.